The van der Waals surface area contributed by atoms with Crippen LogP contribution in [-0.4, -0.2) is 56.2 Å². The first-order valence-corrected chi connectivity index (χ1v) is 13.2. The first-order valence-electron chi connectivity index (χ1n) is 13.2. The molecule has 0 spiro atoms. The Kier molecular flexibility index (Phi) is 8.56. The van der Waals surface area contributed by atoms with E-state index in [2.05, 4.69) is 70.5 Å². The average Bonchev–Trinajstić information content (AvgIpc) is 3.00. The van der Waals surface area contributed by atoms with Gasteiger partial charge in [0.2, 0.25) is 0 Å². The van der Waals surface area contributed by atoms with E-state index in [0.29, 0.717) is 29.4 Å². The van der Waals surface area contributed by atoms with Crippen LogP contribution in [0.3, 0.4) is 0 Å². The van der Waals surface area contributed by atoms with Gasteiger partial charge in [-0.3, -0.25) is 9.80 Å². The lowest BCUT2D eigenvalue weighted by atomic mass is 9.96. The van der Waals surface area contributed by atoms with Crippen molar-refractivity contribution in [2.24, 2.45) is 0 Å². The number of methoxy groups -OCH3 is 2. The molecule has 200 valence electrons. The fraction of sp³-hybridized carbons (Fsp3) is 0.242. The summed E-state index contributed by atoms with van der Waals surface area (Å²) in [5.41, 5.74) is 4.01. The highest BCUT2D eigenvalue weighted by Gasteiger charge is 2.27. The molecule has 5 rings (SSSR count). The zero-order chi connectivity index (χ0) is 27.0. The molecule has 0 atom stereocenters. The standard InChI is InChI=1S/C33H34N2O4/c1-37-30-18-17-27(23-31(30)38-2)33(36)39-29-16-10-9-15-28(29)24-34-19-21-35(22-20-34)32(25-11-5-3-6-12-25)26-13-7-4-8-14-26/h3-18,23,32H,19-22,24H2,1-2H3. The van der Waals surface area contributed by atoms with Crippen LogP contribution >= 0.6 is 0 Å². The Morgan fingerprint density at radius 1 is 0.692 bits per heavy atom. The zero-order valence-corrected chi connectivity index (χ0v) is 22.5. The monoisotopic (exact) mass is 522 g/mol. The molecule has 6 nitrogen and oxygen atoms in total. The van der Waals surface area contributed by atoms with E-state index in [4.69, 9.17) is 14.2 Å². The molecule has 1 saturated heterocycles. The summed E-state index contributed by atoms with van der Waals surface area (Å²) in [5, 5.41) is 0. The highest BCUT2D eigenvalue weighted by Crippen LogP contribution is 2.31. The van der Waals surface area contributed by atoms with Crippen molar-refractivity contribution in [3.63, 3.8) is 0 Å². The lowest BCUT2D eigenvalue weighted by Gasteiger charge is -2.40. The number of benzene rings is 4. The molecule has 4 aromatic carbocycles. The van der Waals surface area contributed by atoms with Gasteiger partial charge < -0.3 is 14.2 Å². The van der Waals surface area contributed by atoms with Gasteiger partial charge in [0.25, 0.3) is 0 Å². The van der Waals surface area contributed by atoms with E-state index in [1.165, 1.54) is 11.1 Å². The van der Waals surface area contributed by atoms with Gasteiger partial charge in [0.1, 0.15) is 5.75 Å². The number of piperazine rings is 1. The minimum atomic E-state index is -0.429. The third kappa shape index (κ3) is 6.30. The third-order valence-corrected chi connectivity index (χ3v) is 7.19. The van der Waals surface area contributed by atoms with E-state index < -0.39 is 5.97 Å². The lowest BCUT2D eigenvalue weighted by Crippen LogP contribution is -2.47. The maximum absolute atomic E-state index is 13.0. The van der Waals surface area contributed by atoms with Gasteiger partial charge in [-0.15, -0.1) is 0 Å². The minimum Gasteiger partial charge on any atom is -0.493 e. The predicted molar refractivity (Wildman–Crippen MR) is 153 cm³/mol. The molecule has 0 amide bonds. The van der Waals surface area contributed by atoms with Crippen molar-refractivity contribution in [2.45, 2.75) is 12.6 Å². The number of rotatable bonds is 9. The molecule has 1 aliphatic heterocycles. The molecule has 0 N–H and O–H groups in total. The number of nitrogens with zero attached hydrogens (tertiary/aromatic N) is 2. The van der Waals surface area contributed by atoms with Crippen LogP contribution in [0, 0.1) is 0 Å². The molecular formula is C33H34N2O4. The molecular weight excluding hydrogens is 488 g/mol. The van der Waals surface area contributed by atoms with Gasteiger partial charge in [-0.2, -0.15) is 0 Å². The Morgan fingerprint density at radius 3 is 1.90 bits per heavy atom. The lowest BCUT2D eigenvalue weighted by molar-refractivity contribution is 0.0727. The van der Waals surface area contributed by atoms with Crippen LogP contribution in [0.15, 0.2) is 103 Å². The SMILES string of the molecule is COc1ccc(C(=O)Oc2ccccc2CN2CCN(C(c3ccccc3)c3ccccc3)CC2)cc1OC. The largest absolute Gasteiger partial charge is 0.493 e. The summed E-state index contributed by atoms with van der Waals surface area (Å²) in [7, 11) is 3.11. The molecule has 0 radical (unpaired) electrons. The molecule has 39 heavy (non-hydrogen) atoms. The van der Waals surface area contributed by atoms with Gasteiger partial charge >= 0.3 is 5.97 Å². The molecule has 0 bridgehead atoms. The summed E-state index contributed by atoms with van der Waals surface area (Å²) in [6, 6.07) is 34.5. The van der Waals surface area contributed by atoms with Crippen molar-refractivity contribution in [2.75, 3.05) is 40.4 Å². The van der Waals surface area contributed by atoms with Crippen molar-refractivity contribution in [1.29, 1.82) is 0 Å². The Balaban J connectivity index is 1.26. The second-order valence-corrected chi connectivity index (χ2v) is 9.60. The summed E-state index contributed by atoms with van der Waals surface area (Å²) in [5.74, 6) is 1.20. The van der Waals surface area contributed by atoms with Crippen molar-refractivity contribution in [1.82, 2.24) is 9.80 Å². The van der Waals surface area contributed by atoms with E-state index in [1.807, 2.05) is 24.3 Å². The summed E-state index contributed by atoms with van der Waals surface area (Å²) in [6.07, 6.45) is 0. The highest BCUT2D eigenvalue weighted by atomic mass is 16.5. The summed E-state index contributed by atoms with van der Waals surface area (Å²) >= 11 is 0. The van der Waals surface area contributed by atoms with Gasteiger partial charge in [0.15, 0.2) is 11.5 Å². The molecule has 4 aromatic rings. The van der Waals surface area contributed by atoms with Crippen molar-refractivity contribution in [3.05, 3.63) is 125 Å². The number of hydrogen-bond donors (Lipinski definition) is 0. The topological polar surface area (TPSA) is 51.2 Å². The van der Waals surface area contributed by atoms with Gasteiger partial charge in [0.05, 0.1) is 25.8 Å². The second kappa shape index (κ2) is 12.6. The number of carbonyl (C=O) groups excluding carboxylic acids is 1. The number of esters is 1. The van der Waals surface area contributed by atoms with Crippen LogP contribution < -0.4 is 14.2 Å². The molecule has 0 aliphatic carbocycles. The molecule has 1 aliphatic rings. The Bertz CT molecular complexity index is 1330. The third-order valence-electron chi connectivity index (χ3n) is 7.19. The fourth-order valence-electron chi connectivity index (χ4n) is 5.16. The number of carbonyl (C=O) groups is 1. The molecule has 1 heterocycles. The minimum absolute atomic E-state index is 0.226. The first-order chi connectivity index (χ1) is 19.2. The summed E-state index contributed by atoms with van der Waals surface area (Å²) in [6.45, 7) is 4.46. The number of ether oxygens (including phenoxy) is 3. The van der Waals surface area contributed by atoms with E-state index in [-0.39, 0.29) is 6.04 Å². The van der Waals surface area contributed by atoms with Crippen LogP contribution in [0.4, 0.5) is 0 Å². The van der Waals surface area contributed by atoms with E-state index in [9.17, 15) is 4.79 Å². The van der Waals surface area contributed by atoms with Crippen molar-refractivity contribution in [3.8, 4) is 17.2 Å². The number of para-hydroxylation sites is 1. The molecule has 0 saturated carbocycles. The molecule has 1 fully saturated rings. The first kappa shape index (κ1) is 26.5. The maximum Gasteiger partial charge on any atom is 0.343 e. The summed E-state index contributed by atoms with van der Waals surface area (Å²) in [4.78, 5) is 18.0. The highest BCUT2D eigenvalue weighted by molar-refractivity contribution is 5.92. The van der Waals surface area contributed by atoms with Gasteiger partial charge in [-0.25, -0.2) is 4.79 Å². The Hall–Kier alpha value is -4.13. The van der Waals surface area contributed by atoms with E-state index in [0.717, 1.165) is 31.7 Å². The van der Waals surface area contributed by atoms with E-state index >= 15 is 0 Å². The van der Waals surface area contributed by atoms with Crippen molar-refractivity contribution < 1.29 is 19.0 Å². The van der Waals surface area contributed by atoms with Gasteiger partial charge in [-0.05, 0) is 35.4 Å². The van der Waals surface area contributed by atoms with Gasteiger partial charge in [0, 0.05) is 38.3 Å². The zero-order valence-electron chi connectivity index (χ0n) is 22.5. The van der Waals surface area contributed by atoms with Crippen LogP contribution in [-0.2, 0) is 6.54 Å². The normalized spacial score (nSPS) is 14.2. The van der Waals surface area contributed by atoms with Crippen LogP contribution in [0.5, 0.6) is 17.2 Å². The Labute approximate surface area is 230 Å². The molecule has 0 aromatic heterocycles. The maximum atomic E-state index is 13.0. The molecule has 0 unspecified atom stereocenters. The summed E-state index contributed by atoms with van der Waals surface area (Å²) < 4.78 is 16.5. The van der Waals surface area contributed by atoms with Gasteiger partial charge in [-0.1, -0.05) is 78.9 Å². The van der Waals surface area contributed by atoms with Crippen molar-refractivity contribution >= 4 is 5.97 Å². The fourth-order valence-corrected chi connectivity index (χ4v) is 5.16. The quantitative estimate of drug-likeness (QED) is 0.204. The second-order valence-electron chi connectivity index (χ2n) is 9.60. The van der Waals surface area contributed by atoms with E-state index in [1.54, 1.807) is 32.4 Å². The number of hydrogen-bond acceptors (Lipinski definition) is 6. The molecule has 6 heteroatoms. The smallest absolute Gasteiger partial charge is 0.343 e. The Morgan fingerprint density at radius 2 is 1.28 bits per heavy atom. The average molecular weight is 523 g/mol. The van der Waals surface area contributed by atoms with Crippen LogP contribution in [0.2, 0.25) is 0 Å². The van der Waals surface area contributed by atoms with Crippen LogP contribution in [0.1, 0.15) is 33.1 Å². The van der Waals surface area contributed by atoms with Crippen LogP contribution in [0.25, 0.3) is 0 Å². The predicted octanol–water partition coefficient (Wildman–Crippen LogP) is 5.83.